The number of hydrogen-bond donors (Lipinski definition) is 1. The van der Waals surface area contributed by atoms with Gasteiger partial charge in [-0.05, 0) is 75.8 Å². The highest BCUT2D eigenvalue weighted by atomic mass is 19.4. The van der Waals surface area contributed by atoms with Crippen LogP contribution in [0.5, 0.6) is 5.75 Å². The van der Waals surface area contributed by atoms with Crippen LogP contribution in [0, 0.1) is 6.92 Å². The Balaban J connectivity index is 1.43. The molecule has 1 saturated carbocycles. The lowest BCUT2D eigenvalue weighted by Gasteiger charge is -2.25. The minimum Gasteiger partial charge on any atom is -0.476 e. The number of benzene rings is 2. The number of nitrogens with zero attached hydrogens (tertiary/aromatic N) is 2. The van der Waals surface area contributed by atoms with Crippen molar-refractivity contribution in [2.75, 3.05) is 11.9 Å². The zero-order valence-electron chi connectivity index (χ0n) is 23.8. The summed E-state index contributed by atoms with van der Waals surface area (Å²) < 4.78 is 49.8. The molecular formula is C31H34F3N3O4. The van der Waals surface area contributed by atoms with Gasteiger partial charge in [-0.1, -0.05) is 31.2 Å². The second-order valence-electron chi connectivity index (χ2n) is 10.9. The van der Waals surface area contributed by atoms with Gasteiger partial charge in [0.2, 0.25) is 5.91 Å². The molecule has 0 spiro atoms. The van der Waals surface area contributed by atoms with Crippen molar-refractivity contribution in [1.82, 2.24) is 9.97 Å². The average molecular weight is 570 g/mol. The Morgan fingerprint density at radius 2 is 1.78 bits per heavy atom. The molecular weight excluding hydrogens is 535 g/mol. The molecule has 1 unspecified atom stereocenters. The van der Waals surface area contributed by atoms with E-state index in [4.69, 9.17) is 9.47 Å². The van der Waals surface area contributed by atoms with E-state index in [2.05, 4.69) is 15.3 Å². The monoisotopic (exact) mass is 569 g/mol. The zero-order valence-corrected chi connectivity index (χ0v) is 23.8. The summed E-state index contributed by atoms with van der Waals surface area (Å²) in [6, 6.07) is 10.3. The van der Waals surface area contributed by atoms with Crippen molar-refractivity contribution in [2.24, 2.45) is 0 Å². The minimum absolute atomic E-state index is 0.113. The molecule has 0 bridgehead atoms. The van der Waals surface area contributed by atoms with E-state index in [-0.39, 0.29) is 30.8 Å². The zero-order chi connectivity index (χ0) is 29.9. The highest BCUT2D eigenvalue weighted by Crippen LogP contribution is 2.43. The van der Waals surface area contributed by atoms with E-state index in [1.54, 1.807) is 26.8 Å². The van der Waals surface area contributed by atoms with E-state index < -0.39 is 23.3 Å². The standard InChI is InChI=1S/C31H34F3N3O4/c1-6-40-29(39)30(4,5)41-25-14-11-22(15-19(25)3)18(2)16-26(38)36-24-17-35-28(37-27(24)20-7-8-20)21-9-12-23(13-10-21)31(32,33)34/h9-15,17-18,20H,6-8,16H2,1-5H3,(H,36,38). The Bertz CT molecular complexity index is 1420. The summed E-state index contributed by atoms with van der Waals surface area (Å²) in [4.78, 5) is 34.1. The molecule has 41 heavy (non-hydrogen) atoms. The third-order valence-electron chi connectivity index (χ3n) is 6.92. The number of carbonyl (C=O) groups is 2. The number of halogens is 3. The lowest BCUT2D eigenvalue weighted by molar-refractivity contribution is -0.158. The fourth-order valence-corrected chi connectivity index (χ4v) is 4.42. The predicted octanol–water partition coefficient (Wildman–Crippen LogP) is 7.20. The number of alkyl halides is 3. The summed E-state index contributed by atoms with van der Waals surface area (Å²) >= 11 is 0. The highest BCUT2D eigenvalue weighted by molar-refractivity contribution is 5.92. The van der Waals surface area contributed by atoms with Crippen LogP contribution < -0.4 is 10.1 Å². The largest absolute Gasteiger partial charge is 0.476 e. The molecule has 1 aliphatic carbocycles. The molecule has 2 aromatic carbocycles. The van der Waals surface area contributed by atoms with E-state index in [0.717, 1.165) is 36.1 Å². The van der Waals surface area contributed by atoms with Gasteiger partial charge in [0.05, 0.1) is 29.7 Å². The topological polar surface area (TPSA) is 90.4 Å². The first-order valence-electron chi connectivity index (χ1n) is 13.6. The minimum atomic E-state index is -4.42. The van der Waals surface area contributed by atoms with Crippen LogP contribution in [-0.2, 0) is 20.5 Å². The fraction of sp³-hybridized carbons (Fsp3) is 0.419. The van der Waals surface area contributed by atoms with E-state index in [1.165, 1.54) is 18.3 Å². The van der Waals surface area contributed by atoms with Gasteiger partial charge in [0, 0.05) is 17.9 Å². The fourth-order valence-electron chi connectivity index (χ4n) is 4.42. The third-order valence-corrected chi connectivity index (χ3v) is 6.92. The Hall–Kier alpha value is -3.95. The lowest BCUT2D eigenvalue weighted by Crippen LogP contribution is -2.39. The van der Waals surface area contributed by atoms with E-state index in [9.17, 15) is 22.8 Å². The van der Waals surface area contributed by atoms with Gasteiger partial charge in [0.15, 0.2) is 11.4 Å². The molecule has 0 aliphatic heterocycles. The number of rotatable bonds is 10. The molecule has 1 aromatic heterocycles. The van der Waals surface area contributed by atoms with Crippen molar-refractivity contribution in [2.45, 2.75) is 77.5 Å². The molecule has 1 fully saturated rings. The van der Waals surface area contributed by atoms with Crippen LogP contribution in [0.15, 0.2) is 48.7 Å². The van der Waals surface area contributed by atoms with Gasteiger partial charge in [-0.25, -0.2) is 14.8 Å². The second kappa shape index (κ2) is 11.9. The average Bonchev–Trinajstić information content (AvgIpc) is 3.75. The van der Waals surface area contributed by atoms with Crippen LogP contribution in [0.2, 0.25) is 0 Å². The van der Waals surface area contributed by atoms with Crippen molar-refractivity contribution in [3.63, 3.8) is 0 Å². The van der Waals surface area contributed by atoms with Crippen molar-refractivity contribution >= 4 is 17.6 Å². The number of esters is 1. The summed E-state index contributed by atoms with van der Waals surface area (Å²) in [6.45, 7) is 9.14. The molecule has 7 nitrogen and oxygen atoms in total. The molecule has 4 rings (SSSR count). The summed E-state index contributed by atoms with van der Waals surface area (Å²) in [6.07, 6.45) is -0.845. The number of carbonyl (C=O) groups excluding carboxylic acids is 2. The maximum absolute atomic E-state index is 13.0. The van der Waals surface area contributed by atoms with Gasteiger partial charge in [-0.15, -0.1) is 0 Å². The van der Waals surface area contributed by atoms with E-state index in [1.807, 2.05) is 26.0 Å². The van der Waals surface area contributed by atoms with Crippen LogP contribution in [0.1, 0.15) is 81.2 Å². The number of hydrogen-bond acceptors (Lipinski definition) is 6. The summed E-state index contributed by atoms with van der Waals surface area (Å²) in [5, 5.41) is 2.93. The van der Waals surface area contributed by atoms with Gasteiger partial charge in [0.25, 0.3) is 0 Å². The number of aryl methyl sites for hydroxylation is 1. The molecule has 1 heterocycles. The molecule has 0 radical (unpaired) electrons. The van der Waals surface area contributed by atoms with Crippen LogP contribution in [0.25, 0.3) is 11.4 Å². The maximum Gasteiger partial charge on any atom is 0.416 e. The first-order valence-corrected chi connectivity index (χ1v) is 13.6. The SMILES string of the molecule is CCOC(=O)C(C)(C)Oc1ccc(C(C)CC(=O)Nc2cnc(-c3ccc(C(F)(F)F)cc3)nc2C2CC2)cc1C. The summed E-state index contributed by atoms with van der Waals surface area (Å²) in [5.41, 5.74) is 1.57. The van der Waals surface area contributed by atoms with E-state index >= 15 is 0 Å². The smallest absolute Gasteiger partial charge is 0.416 e. The molecule has 1 N–H and O–H groups in total. The Morgan fingerprint density at radius 3 is 2.37 bits per heavy atom. The Labute approximate surface area is 237 Å². The number of nitrogens with one attached hydrogen (secondary N) is 1. The lowest BCUT2D eigenvalue weighted by atomic mass is 9.95. The Morgan fingerprint density at radius 1 is 1.10 bits per heavy atom. The second-order valence-corrected chi connectivity index (χ2v) is 10.9. The van der Waals surface area contributed by atoms with Gasteiger partial charge >= 0.3 is 12.1 Å². The van der Waals surface area contributed by atoms with Crippen molar-refractivity contribution in [1.29, 1.82) is 0 Å². The number of anilines is 1. The molecule has 218 valence electrons. The third kappa shape index (κ3) is 7.42. The first kappa shape index (κ1) is 30.0. The molecule has 1 amide bonds. The normalized spacial score (nSPS) is 14.3. The van der Waals surface area contributed by atoms with Gasteiger partial charge in [0.1, 0.15) is 5.75 Å². The van der Waals surface area contributed by atoms with Crippen molar-refractivity contribution in [3.05, 3.63) is 71.0 Å². The van der Waals surface area contributed by atoms with Crippen LogP contribution in [0.4, 0.5) is 18.9 Å². The van der Waals surface area contributed by atoms with Gasteiger partial charge in [-0.2, -0.15) is 13.2 Å². The summed E-state index contributed by atoms with van der Waals surface area (Å²) in [7, 11) is 0. The summed E-state index contributed by atoms with van der Waals surface area (Å²) in [5.74, 6) is 0.284. The van der Waals surface area contributed by atoms with Crippen molar-refractivity contribution in [3.8, 4) is 17.1 Å². The number of aromatic nitrogens is 2. The van der Waals surface area contributed by atoms with Gasteiger partial charge < -0.3 is 14.8 Å². The molecule has 3 aromatic rings. The van der Waals surface area contributed by atoms with E-state index in [0.29, 0.717) is 28.5 Å². The van der Waals surface area contributed by atoms with Crippen LogP contribution >= 0.6 is 0 Å². The van der Waals surface area contributed by atoms with Crippen LogP contribution in [0.3, 0.4) is 0 Å². The highest BCUT2D eigenvalue weighted by Gasteiger charge is 2.33. The van der Waals surface area contributed by atoms with Gasteiger partial charge in [-0.3, -0.25) is 4.79 Å². The Kier molecular flexibility index (Phi) is 8.70. The molecule has 10 heteroatoms. The van der Waals surface area contributed by atoms with Crippen LogP contribution in [-0.4, -0.2) is 34.1 Å². The molecule has 1 aliphatic rings. The maximum atomic E-state index is 13.0. The quantitative estimate of drug-likeness (QED) is 0.260. The number of amides is 1. The predicted molar refractivity (Wildman–Crippen MR) is 149 cm³/mol. The number of ether oxygens (including phenoxy) is 2. The van der Waals surface area contributed by atoms with Crippen molar-refractivity contribution < 1.29 is 32.2 Å². The molecule has 0 saturated heterocycles. The molecule has 1 atom stereocenters. The first-order chi connectivity index (χ1) is 19.3.